The molecule has 9 nitrogen and oxygen atoms in total. The highest BCUT2D eigenvalue weighted by atomic mass is 32.2. The molecule has 1 amide bonds. The predicted octanol–water partition coefficient (Wildman–Crippen LogP) is -0.144. The fourth-order valence-corrected chi connectivity index (χ4v) is 4.15. The van der Waals surface area contributed by atoms with E-state index < -0.39 is 46.1 Å². The number of benzene rings is 1. The molecule has 1 saturated heterocycles. The lowest BCUT2D eigenvalue weighted by molar-refractivity contribution is -0.143. The molecule has 0 radical (unpaired) electrons. The van der Waals surface area contributed by atoms with Crippen LogP contribution in [0.4, 0.5) is 0 Å². The van der Waals surface area contributed by atoms with E-state index in [9.17, 15) is 29.7 Å². The van der Waals surface area contributed by atoms with Gasteiger partial charge in [0.15, 0.2) is 6.04 Å². The number of nitrogens with two attached hydrogens (primary N) is 1. The normalized spacial score (nSPS) is 23.8. The Kier molecular flexibility index (Phi) is 5.79. The fourth-order valence-electron chi connectivity index (χ4n) is 2.67. The topological polar surface area (TPSA) is 162 Å². The molecule has 1 aliphatic heterocycles. The third-order valence-electron chi connectivity index (χ3n) is 4.11. The van der Waals surface area contributed by atoms with Crippen LogP contribution in [0.3, 0.4) is 0 Å². The quantitative estimate of drug-likeness (QED) is 0.392. The van der Waals surface area contributed by atoms with Crippen LogP contribution < -0.4 is 16.4 Å². The number of thioether (sulfide) groups is 1. The summed E-state index contributed by atoms with van der Waals surface area (Å²) in [5, 5.41) is 32.3. The second-order valence-corrected chi connectivity index (χ2v) is 8.27. The van der Waals surface area contributed by atoms with E-state index in [0.717, 1.165) is 11.8 Å². The summed E-state index contributed by atoms with van der Waals surface area (Å²) in [6.45, 7) is 3.37. The number of carboxylic acids is 2. The minimum atomic E-state index is -1.36. The van der Waals surface area contributed by atoms with Crippen molar-refractivity contribution >= 4 is 29.6 Å². The summed E-state index contributed by atoms with van der Waals surface area (Å²) in [5.41, 5.74) is 6.26. The Hall–Kier alpha value is -2.30. The van der Waals surface area contributed by atoms with Gasteiger partial charge in [0.25, 0.3) is 0 Å². The summed E-state index contributed by atoms with van der Waals surface area (Å²) in [7, 11) is 0. The molecule has 0 spiro atoms. The molecule has 0 bridgehead atoms. The summed E-state index contributed by atoms with van der Waals surface area (Å²) in [4.78, 5) is 35.3. The van der Waals surface area contributed by atoms with Gasteiger partial charge in [0.2, 0.25) is 5.91 Å². The number of hydrogen-bond acceptors (Lipinski definition) is 7. The zero-order valence-electron chi connectivity index (χ0n) is 14.2. The van der Waals surface area contributed by atoms with Crippen LogP contribution in [-0.2, 0) is 14.4 Å². The predicted molar refractivity (Wildman–Crippen MR) is 94.6 cm³/mol. The number of phenolic OH excluding ortho intramolecular Hbond substituents is 1. The minimum absolute atomic E-state index is 0.0123. The molecule has 1 fully saturated rings. The number of nitrogens with one attached hydrogen (secondary N) is 2. The van der Waals surface area contributed by atoms with Crippen molar-refractivity contribution in [3.63, 3.8) is 0 Å². The lowest BCUT2D eigenvalue weighted by Crippen LogP contribution is -2.55. The van der Waals surface area contributed by atoms with Crippen LogP contribution in [0.5, 0.6) is 5.75 Å². The van der Waals surface area contributed by atoms with Crippen molar-refractivity contribution in [2.45, 2.75) is 42.1 Å². The first-order valence-corrected chi connectivity index (χ1v) is 8.65. The molecule has 142 valence electrons. The molecule has 0 saturated carbocycles. The largest absolute Gasteiger partial charge is 0.508 e. The molecule has 4 unspecified atom stereocenters. The second kappa shape index (κ2) is 7.52. The first-order chi connectivity index (χ1) is 12.0. The third-order valence-corrected chi connectivity index (χ3v) is 5.61. The van der Waals surface area contributed by atoms with Gasteiger partial charge in [0.1, 0.15) is 17.8 Å². The number of aromatic hydroxyl groups is 1. The molecule has 1 aromatic rings. The molecule has 7 N–H and O–H groups in total. The Morgan fingerprint density at radius 1 is 1.23 bits per heavy atom. The molecule has 1 aromatic carbocycles. The first kappa shape index (κ1) is 20.0. The molecular formula is C16H21N3O6S. The number of rotatable bonds is 6. The van der Waals surface area contributed by atoms with Crippen molar-refractivity contribution in [1.82, 2.24) is 10.6 Å². The maximum absolute atomic E-state index is 12.4. The average molecular weight is 383 g/mol. The SMILES string of the molecule is CC1(C)SC(C(NC(=O)C(N)c2ccc(O)cc2)C(=O)O)NC1C(=O)O. The van der Waals surface area contributed by atoms with E-state index in [1.807, 2.05) is 0 Å². The smallest absolute Gasteiger partial charge is 0.328 e. The maximum atomic E-state index is 12.4. The van der Waals surface area contributed by atoms with Gasteiger partial charge >= 0.3 is 11.9 Å². The van der Waals surface area contributed by atoms with Gasteiger partial charge in [-0.05, 0) is 31.5 Å². The number of carbonyl (C=O) groups excluding carboxylic acids is 1. The second-order valence-electron chi connectivity index (χ2n) is 6.47. The van der Waals surface area contributed by atoms with E-state index >= 15 is 0 Å². The lowest BCUT2D eigenvalue weighted by atomic mass is 10.0. The minimum Gasteiger partial charge on any atom is -0.508 e. The van der Waals surface area contributed by atoms with E-state index in [2.05, 4.69) is 10.6 Å². The Morgan fingerprint density at radius 3 is 2.27 bits per heavy atom. The highest BCUT2D eigenvalue weighted by Gasteiger charge is 2.49. The van der Waals surface area contributed by atoms with Gasteiger partial charge in [-0.2, -0.15) is 0 Å². The standard InChI is InChI=1S/C16H21N3O6S/c1-16(2)11(15(24)25)19-13(26-16)10(14(22)23)18-12(21)9(17)7-3-5-8(20)6-4-7/h3-6,9-11,13,19-20H,17H2,1-2H3,(H,18,21)(H,22,23)(H,24,25). The van der Waals surface area contributed by atoms with Gasteiger partial charge in [0, 0.05) is 4.75 Å². The molecule has 1 heterocycles. The Morgan fingerprint density at radius 2 is 1.81 bits per heavy atom. The van der Waals surface area contributed by atoms with Gasteiger partial charge in [-0.15, -0.1) is 11.8 Å². The van der Waals surface area contributed by atoms with E-state index in [0.29, 0.717) is 5.56 Å². The fraction of sp³-hybridized carbons (Fsp3) is 0.438. The van der Waals surface area contributed by atoms with E-state index in [1.165, 1.54) is 24.3 Å². The Labute approximate surface area is 154 Å². The number of aliphatic carboxylic acids is 2. The van der Waals surface area contributed by atoms with Crippen molar-refractivity contribution in [3.8, 4) is 5.75 Å². The highest BCUT2D eigenvalue weighted by Crippen LogP contribution is 2.39. The maximum Gasteiger partial charge on any atom is 0.328 e. The van der Waals surface area contributed by atoms with Crippen LogP contribution in [0.2, 0.25) is 0 Å². The van der Waals surface area contributed by atoms with E-state index in [-0.39, 0.29) is 5.75 Å². The van der Waals surface area contributed by atoms with Crippen molar-refractivity contribution in [2.75, 3.05) is 0 Å². The lowest BCUT2D eigenvalue weighted by Gasteiger charge is -2.23. The summed E-state index contributed by atoms with van der Waals surface area (Å²) in [6.07, 6.45) is 0. The van der Waals surface area contributed by atoms with Crippen LogP contribution in [0.15, 0.2) is 24.3 Å². The monoisotopic (exact) mass is 383 g/mol. The molecular weight excluding hydrogens is 362 g/mol. The van der Waals surface area contributed by atoms with Crippen molar-refractivity contribution in [3.05, 3.63) is 29.8 Å². The van der Waals surface area contributed by atoms with Crippen LogP contribution in [0.1, 0.15) is 25.5 Å². The van der Waals surface area contributed by atoms with Gasteiger partial charge in [-0.3, -0.25) is 14.9 Å². The number of amides is 1. The van der Waals surface area contributed by atoms with Gasteiger partial charge in [-0.25, -0.2) is 4.79 Å². The number of carboxylic acid groups (broad SMARTS) is 2. The zero-order chi connectivity index (χ0) is 19.6. The summed E-state index contributed by atoms with van der Waals surface area (Å²) in [6, 6.07) is 2.20. The Balaban J connectivity index is 2.13. The first-order valence-electron chi connectivity index (χ1n) is 7.77. The molecule has 0 aromatic heterocycles. The molecule has 1 aliphatic rings. The van der Waals surface area contributed by atoms with Crippen LogP contribution in [0, 0.1) is 0 Å². The summed E-state index contributed by atoms with van der Waals surface area (Å²) >= 11 is 1.13. The number of phenols is 1. The summed E-state index contributed by atoms with van der Waals surface area (Å²) in [5.74, 6) is -3.11. The number of hydrogen-bond donors (Lipinski definition) is 6. The van der Waals surface area contributed by atoms with Crippen molar-refractivity contribution in [1.29, 1.82) is 0 Å². The van der Waals surface area contributed by atoms with Crippen LogP contribution in [-0.4, -0.2) is 55.4 Å². The van der Waals surface area contributed by atoms with Gasteiger partial charge in [0.05, 0.1) is 5.37 Å². The molecule has 26 heavy (non-hydrogen) atoms. The zero-order valence-corrected chi connectivity index (χ0v) is 15.0. The van der Waals surface area contributed by atoms with E-state index in [1.54, 1.807) is 13.8 Å². The van der Waals surface area contributed by atoms with Crippen molar-refractivity contribution in [2.24, 2.45) is 5.73 Å². The van der Waals surface area contributed by atoms with Gasteiger partial charge < -0.3 is 26.4 Å². The van der Waals surface area contributed by atoms with Crippen LogP contribution in [0.25, 0.3) is 0 Å². The van der Waals surface area contributed by atoms with Crippen molar-refractivity contribution < 1.29 is 29.7 Å². The Bertz CT molecular complexity index is 708. The third kappa shape index (κ3) is 4.26. The number of carbonyl (C=O) groups is 3. The van der Waals surface area contributed by atoms with Gasteiger partial charge in [-0.1, -0.05) is 12.1 Å². The van der Waals surface area contributed by atoms with Crippen LogP contribution >= 0.6 is 11.8 Å². The molecule has 0 aliphatic carbocycles. The highest BCUT2D eigenvalue weighted by molar-refractivity contribution is 8.01. The molecule has 10 heteroatoms. The molecule has 4 atom stereocenters. The average Bonchev–Trinajstić information content (AvgIpc) is 2.87. The summed E-state index contributed by atoms with van der Waals surface area (Å²) < 4.78 is -0.756. The van der Waals surface area contributed by atoms with E-state index in [4.69, 9.17) is 5.73 Å². The molecule has 2 rings (SSSR count).